The van der Waals surface area contributed by atoms with Gasteiger partial charge in [0.15, 0.2) is 0 Å². The van der Waals surface area contributed by atoms with Crippen molar-refractivity contribution in [2.75, 3.05) is 14.1 Å². The first-order valence-corrected chi connectivity index (χ1v) is 13.8. The summed E-state index contributed by atoms with van der Waals surface area (Å²) in [7, 11) is 3.75. The molecule has 1 saturated carbocycles. The molecule has 2 heteroatoms. The van der Waals surface area contributed by atoms with Crippen molar-refractivity contribution in [3.8, 4) is 0 Å². The zero-order valence-electron chi connectivity index (χ0n) is 26.2. The molecular weight excluding hydrogens is 402 g/mol. The average Bonchev–Trinajstić information content (AvgIpc) is 2.82. The Morgan fingerprint density at radius 3 is 1.36 bits per heavy atom. The molecule has 3 aliphatic rings. The van der Waals surface area contributed by atoms with Crippen LogP contribution in [0.15, 0.2) is 37.0 Å². The van der Waals surface area contributed by atoms with Crippen LogP contribution in [0.3, 0.4) is 0 Å². The van der Waals surface area contributed by atoms with E-state index in [1.165, 1.54) is 49.7 Å². The predicted molar refractivity (Wildman–Crippen MR) is 161 cm³/mol. The molecule has 2 heterocycles. The number of allylic oxidation sites excluding steroid dienone is 2. The molecule has 0 aromatic heterocycles. The van der Waals surface area contributed by atoms with Gasteiger partial charge in [0.2, 0.25) is 0 Å². The second-order valence-corrected chi connectivity index (χ2v) is 7.68. The summed E-state index contributed by atoms with van der Waals surface area (Å²) in [6.45, 7) is 37.6. The Morgan fingerprint density at radius 2 is 1.15 bits per heavy atom. The van der Waals surface area contributed by atoms with Crippen molar-refractivity contribution in [3.63, 3.8) is 0 Å². The molecule has 0 amide bonds. The van der Waals surface area contributed by atoms with E-state index in [4.69, 9.17) is 4.74 Å². The molecule has 2 aliphatic heterocycles. The van der Waals surface area contributed by atoms with Crippen molar-refractivity contribution in [1.29, 1.82) is 0 Å². The number of rotatable bonds is 3. The van der Waals surface area contributed by atoms with Gasteiger partial charge in [-0.15, -0.1) is 13.2 Å². The molecule has 1 aliphatic carbocycles. The Kier molecular flexibility index (Phi) is 57.2. The SMILES string of the molecule is C=C.C=C(/C(C)=C\C)C1CC(C)C2CC1O2.CC.CC.CCC.CCC.CCCC.CNC. The van der Waals surface area contributed by atoms with Gasteiger partial charge >= 0.3 is 0 Å². The van der Waals surface area contributed by atoms with Crippen LogP contribution < -0.4 is 5.32 Å². The van der Waals surface area contributed by atoms with Crippen molar-refractivity contribution in [2.24, 2.45) is 11.8 Å². The fourth-order valence-electron chi connectivity index (χ4n) is 2.62. The number of hydrogen-bond acceptors (Lipinski definition) is 2. The monoisotopic (exact) mass is 472 g/mol. The Bertz CT molecular complexity index is 349. The minimum absolute atomic E-state index is 0.471. The van der Waals surface area contributed by atoms with Crippen LogP contribution in [-0.2, 0) is 4.74 Å². The van der Waals surface area contributed by atoms with Crippen LogP contribution in [0.1, 0.15) is 129 Å². The first-order chi connectivity index (χ1) is 15.8. The third-order valence-electron chi connectivity index (χ3n) is 4.41. The van der Waals surface area contributed by atoms with Gasteiger partial charge in [-0.3, -0.25) is 0 Å². The number of unbranched alkanes of at least 4 members (excludes halogenated alkanes) is 1. The van der Waals surface area contributed by atoms with E-state index in [0.717, 1.165) is 0 Å². The summed E-state index contributed by atoms with van der Waals surface area (Å²) < 4.78 is 5.83. The molecule has 4 unspecified atom stereocenters. The third kappa shape index (κ3) is 29.1. The highest BCUT2D eigenvalue weighted by atomic mass is 16.5. The molecule has 0 aromatic carbocycles. The predicted octanol–water partition coefficient (Wildman–Crippen LogP) is 10.7. The number of ether oxygens (including phenoxy) is 1. The van der Waals surface area contributed by atoms with Crippen molar-refractivity contribution in [3.05, 3.63) is 37.0 Å². The van der Waals surface area contributed by atoms with E-state index in [2.05, 4.69) is 93.4 Å². The lowest BCUT2D eigenvalue weighted by Crippen LogP contribution is -2.52. The van der Waals surface area contributed by atoms with E-state index >= 15 is 0 Å². The highest BCUT2D eigenvalue weighted by molar-refractivity contribution is 5.30. The van der Waals surface area contributed by atoms with E-state index in [1.807, 2.05) is 41.8 Å². The van der Waals surface area contributed by atoms with E-state index in [0.29, 0.717) is 24.0 Å². The summed E-state index contributed by atoms with van der Waals surface area (Å²) in [5.41, 5.74) is 2.62. The quantitative estimate of drug-likeness (QED) is 0.326. The lowest BCUT2D eigenvalue weighted by molar-refractivity contribution is -0.202. The summed E-state index contributed by atoms with van der Waals surface area (Å²) in [4.78, 5) is 0. The first kappa shape index (κ1) is 45.6. The molecule has 0 aromatic rings. The molecule has 3 fully saturated rings. The van der Waals surface area contributed by atoms with Crippen molar-refractivity contribution >= 4 is 0 Å². The van der Waals surface area contributed by atoms with Crippen molar-refractivity contribution in [1.82, 2.24) is 5.32 Å². The van der Waals surface area contributed by atoms with Gasteiger partial charge in [0.25, 0.3) is 0 Å². The maximum Gasteiger partial charge on any atom is 0.0672 e. The van der Waals surface area contributed by atoms with Crippen LogP contribution in [-0.4, -0.2) is 26.3 Å². The van der Waals surface area contributed by atoms with Crippen LogP contribution in [0, 0.1) is 11.8 Å². The topological polar surface area (TPSA) is 21.3 Å². The molecule has 33 heavy (non-hydrogen) atoms. The Balaban J connectivity index is -0.0000000803. The molecular formula is C31H69NO. The van der Waals surface area contributed by atoms with Crippen LogP contribution in [0.2, 0.25) is 0 Å². The zero-order valence-corrected chi connectivity index (χ0v) is 26.2. The van der Waals surface area contributed by atoms with E-state index in [9.17, 15) is 0 Å². The highest BCUT2D eigenvalue weighted by Crippen LogP contribution is 2.46. The van der Waals surface area contributed by atoms with Crippen molar-refractivity contribution in [2.45, 2.75) is 141 Å². The summed E-state index contributed by atoms with van der Waals surface area (Å²) in [5.74, 6) is 1.29. The Hall–Kier alpha value is -0.860. The van der Waals surface area contributed by atoms with E-state index in [1.54, 1.807) is 0 Å². The molecule has 2 bridgehead atoms. The Morgan fingerprint density at radius 1 is 0.848 bits per heavy atom. The van der Waals surface area contributed by atoms with Gasteiger partial charge in [-0.1, -0.05) is 120 Å². The maximum atomic E-state index is 5.83. The molecule has 0 radical (unpaired) electrons. The fourth-order valence-corrected chi connectivity index (χ4v) is 2.62. The first-order valence-electron chi connectivity index (χ1n) is 13.8. The molecule has 3 rings (SSSR count). The second-order valence-electron chi connectivity index (χ2n) is 7.68. The average molecular weight is 472 g/mol. The van der Waals surface area contributed by atoms with Gasteiger partial charge in [0.05, 0.1) is 12.2 Å². The van der Waals surface area contributed by atoms with Crippen LogP contribution >= 0.6 is 0 Å². The van der Waals surface area contributed by atoms with Gasteiger partial charge in [-0.25, -0.2) is 0 Å². The maximum absolute atomic E-state index is 5.83. The summed E-state index contributed by atoms with van der Waals surface area (Å²) in [6, 6.07) is 0. The number of nitrogens with one attached hydrogen (secondary N) is 1. The van der Waals surface area contributed by atoms with Gasteiger partial charge in [-0.05, 0) is 45.9 Å². The molecule has 2 nitrogen and oxygen atoms in total. The van der Waals surface area contributed by atoms with E-state index < -0.39 is 0 Å². The lowest BCUT2D eigenvalue weighted by atomic mass is 9.70. The summed E-state index contributed by atoms with van der Waals surface area (Å²) >= 11 is 0. The molecule has 204 valence electrons. The molecule has 1 N–H and O–H groups in total. The molecule has 0 spiro atoms. The minimum Gasteiger partial charge on any atom is -0.374 e. The van der Waals surface area contributed by atoms with Crippen LogP contribution in [0.25, 0.3) is 0 Å². The van der Waals surface area contributed by atoms with Gasteiger partial charge in [-0.2, -0.15) is 0 Å². The highest BCUT2D eigenvalue weighted by Gasteiger charge is 2.46. The van der Waals surface area contributed by atoms with Crippen LogP contribution in [0.4, 0.5) is 0 Å². The third-order valence-corrected chi connectivity index (χ3v) is 4.41. The summed E-state index contributed by atoms with van der Waals surface area (Å²) in [5, 5.41) is 2.75. The number of fused-ring (bicyclic) bond motifs is 2. The minimum atomic E-state index is 0.471. The van der Waals surface area contributed by atoms with Crippen LogP contribution in [0.5, 0.6) is 0 Å². The van der Waals surface area contributed by atoms with Gasteiger partial charge in [0.1, 0.15) is 0 Å². The van der Waals surface area contributed by atoms with Gasteiger partial charge in [0, 0.05) is 12.3 Å². The van der Waals surface area contributed by atoms with E-state index in [-0.39, 0.29) is 0 Å². The molecule has 2 saturated heterocycles. The summed E-state index contributed by atoms with van der Waals surface area (Å²) in [6.07, 6.45) is 10.8. The fraction of sp³-hybridized carbons (Fsp3) is 0.806. The smallest absolute Gasteiger partial charge is 0.0672 e. The zero-order chi connectivity index (χ0) is 27.8. The normalized spacial score (nSPS) is 20.8. The lowest BCUT2D eigenvalue weighted by Gasteiger charge is -2.51. The largest absolute Gasteiger partial charge is 0.374 e. The van der Waals surface area contributed by atoms with Crippen molar-refractivity contribution < 1.29 is 4.74 Å². The van der Waals surface area contributed by atoms with Gasteiger partial charge < -0.3 is 10.1 Å². The number of hydrogen-bond donors (Lipinski definition) is 1. The standard InChI is InChI=1S/C13H20O.C4H10.2C3H8.C2H7N.2C2H6.C2H4/c1-5-8(2)10(4)11-6-9(3)12-7-13(11)14-12;1-3-4-2;3*1-3-2;3*1-2/h5,9,11-13H,4,6-7H2,1-3H3;3-4H2,1-2H3;2*3H2,1-2H3;3H,1-2H3;2*1-2H3;1-2H2/b8-5-;;;;;;;. The Labute approximate surface area is 213 Å². The second kappa shape index (κ2) is 41.4. The molecule has 4 atom stereocenters.